The molecule has 2 aromatic rings. The van der Waals surface area contributed by atoms with Gasteiger partial charge in [-0.3, -0.25) is 0 Å². The summed E-state index contributed by atoms with van der Waals surface area (Å²) in [4.78, 5) is 0. The zero-order chi connectivity index (χ0) is 11.6. The number of halogens is 1. The van der Waals surface area contributed by atoms with Gasteiger partial charge in [0.1, 0.15) is 0 Å². The Kier molecular flexibility index (Phi) is 10.2. The van der Waals surface area contributed by atoms with Crippen LogP contribution in [0.3, 0.4) is 0 Å². The summed E-state index contributed by atoms with van der Waals surface area (Å²) in [5, 5.41) is 0. The molecule has 0 heterocycles. The van der Waals surface area contributed by atoms with Gasteiger partial charge in [-0.25, -0.2) is 0 Å². The van der Waals surface area contributed by atoms with E-state index in [4.69, 9.17) is 0 Å². The average Bonchev–Trinajstić information content (AvgIpc) is 2.99. The fourth-order valence-electron chi connectivity index (χ4n) is 1.27. The topological polar surface area (TPSA) is 0 Å². The minimum absolute atomic E-state index is 0. The van der Waals surface area contributed by atoms with Crippen molar-refractivity contribution in [1.29, 1.82) is 0 Å². The summed E-state index contributed by atoms with van der Waals surface area (Å²) in [5.41, 5.74) is 2.64. The third-order valence-corrected chi connectivity index (χ3v) is 2.87. The van der Waals surface area contributed by atoms with Crippen molar-refractivity contribution in [2.45, 2.75) is 0 Å². The summed E-state index contributed by atoms with van der Waals surface area (Å²) in [5.74, 6) is 0. The first-order chi connectivity index (χ1) is 7.88. The van der Waals surface area contributed by atoms with Gasteiger partial charge in [-0.05, 0) is 0 Å². The van der Waals surface area contributed by atoms with Crippen LogP contribution in [0.5, 0.6) is 0 Å². The molecule has 0 aromatic heterocycles. The molecule has 0 atom stereocenters. The maximum absolute atomic E-state index is 3.68. The van der Waals surface area contributed by atoms with E-state index in [0.29, 0.717) is 0 Å². The van der Waals surface area contributed by atoms with Crippen LogP contribution in [-0.2, 0) is 17.1 Å². The molecule has 2 aromatic carbocycles. The Balaban J connectivity index is 0.000000360. The van der Waals surface area contributed by atoms with E-state index in [0.717, 1.165) is 4.43 Å². The van der Waals surface area contributed by atoms with E-state index < -0.39 is 0 Å². The molecule has 0 fully saturated rings. The Morgan fingerprint density at radius 1 is 1.12 bits per heavy atom. The Morgan fingerprint density at radius 2 is 1.59 bits per heavy atom. The maximum Gasteiger partial charge on any atom is 0.00826 e. The molecule has 0 bridgehead atoms. The molecular formula is C15H15FeI-6. The summed E-state index contributed by atoms with van der Waals surface area (Å²) < 4.78 is 1.04. The van der Waals surface area contributed by atoms with Gasteiger partial charge in [-0.15, -0.1) is 42.0 Å². The van der Waals surface area contributed by atoms with Crippen LogP contribution in [0.4, 0.5) is 0 Å². The van der Waals surface area contributed by atoms with E-state index in [1.807, 2.05) is 36.4 Å². The summed E-state index contributed by atoms with van der Waals surface area (Å²) in [7, 11) is 0. The number of alkyl halides is 1. The van der Waals surface area contributed by atoms with E-state index in [2.05, 4.69) is 59.5 Å². The van der Waals surface area contributed by atoms with Crippen molar-refractivity contribution in [2.24, 2.45) is 0 Å². The monoisotopic (exact) mass is 378 g/mol. The Labute approximate surface area is 128 Å². The van der Waals surface area contributed by atoms with Gasteiger partial charge < -0.3 is 30.3 Å². The third kappa shape index (κ3) is 6.67. The zero-order valence-electron chi connectivity index (χ0n) is 9.50. The summed E-state index contributed by atoms with van der Waals surface area (Å²) in [6.07, 6.45) is 3.89. The number of rotatable bonds is 3. The third-order valence-electron chi connectivity index (χ3n) is 2.05. The van der Waals surface area contributed by atoms with Crippen molar-refractivity contribution in [1.82, 2.24) is 0 Å². The van der Waals surface area contributed by atoms with Crippen molar-refractivity contribution >= 4 is 28.2 Å². The molecule has 96 valence electrons. The van der Waals surface area contributed by atoms with Crippen molar-refractivity contribution in [3.63, 3.8) is 0 Å². The minimum Gasteiger partial charge on any atom is -0.748 e. The van der Waals surface area contributed by atoms with E-state index >= 15 is 0 Å². The SMILES string of the molecule is C=CC=C(CI)[c-]1cccc1.[Fe].[cH-]1[cH-][cH-][cH-][cH-]1. The van der Waals surface area contributed by atoms with Gasteiger partial charge in [0.15, 0.2) is 0 Å². The van der Waals surface area contributed by atoms with Crippen LogP contribution in [0, 0.1) is 0 Å². The van der Waals surface area contributed by atoms with E-state index in [-0.39, 0.29) is 17.1 Å². The second-order valence-electron chi connectivity index (χ2n) is 3.20. The number of allylic oxidation sites excluding steroid dienone is 3. The van der Waals surface area contributed by atoms with Crippen LogP contribution < -0.4 is 0 Å². The molecule has 2 heteroatoms. The van der Waals surface area contributed by atoms with Crippen LogP contribution in [0.2, 0.25) is 0 Å². The normalized spacial score (nSPS) is 9.82. The fraction of sp³-hybridized carbons (Fsp3) is 0.0667. The Hall–Kier alpha value is -0.571. The largest absolute Gasteiger partial charge is 0.748 e. The molecule has 0 nitrogen and oxygen atoms in total. The van der Waals surface area contributed by atoms with Crippen molar-refractivity contribution < 1.29 is 17.1 Å². The van der Waals surface area contributed by atoms with Crippen molar-refractivity contribution in [3.8, 4) is 0 Å². The van der Waals surface area contributed by atoms with E-state index in [1.54, 1.807) is 0 Å². The zero-order valence-corrected chi connectivity index (χ0v) is 12.8. The molecule has 0 radical (unpaired) electrons. The first kappa shape index (κ1) is 16.4. The van der Waals surface area contributed by atoms with E-state index in [9.17, 15) is 0 Å². The molecule has 0 N–H and O–H groups in total. The second kappa shape index (κ2) is 10.6. The molecule has 0 unspecified atom stereocenters. The second-order valence-corrected chi connectivity index (χ2v) is 3.96. The van der Waals surface area contributed by atoms with E-state index in [1.165, 1.54) is 11.1 Å². The van der Waals surface area contributed by atoms with Gasteiger partial charge in [0.2, 0.25) is 0 Å². The molecule has 0 aliphatic heterocycles. The molecular weight excluding hydrogens is 363 g/mol. The van der Waals surface area contributed by atoms with Gasteiger partial charge in [-0.1, -0.05) is 22.6 Å². The van der Waals surface area contributed by atoms with Crippen LogP contribution in [0.25, 0.3) is 5.57 Å². The van der Waals surface area contributed by atoms with Crippen molar-refractivity contribution in [2.75, 3.05) is 4.43 Å². The van der Waals surface area contributed by atoms with Crippen molar-refractivity contribution in [3.05, 3.63) is 78.9 Å². The van der Waals surface area contributed by atoms with Gasteiger partial charge in [-0.2, -0.15) is 12.1 Å². The first-order valence-electron chi connectivity index (χ1n) is 5.15. The molecule has 0 spiro atoms. The smallest absolute Gasteiger partial charge is 0.00826 e. The summed E-state index contributed by atoms with van der Waals surface area (Å²) >= 11 is 2.36. The summed E-state index contributed by atoms with van der Waals surface area (Å²) in [6.45, 7) is 3.68. The van der Waals surface area contributed by atoms with Crippen LogP contribution in [0.1, 0.15) is 5.56 Å². The van der Waals surface area contributed by atoms with Gasteiger partial charge in [0, 0.05) is 21.5 Å². The van der Waals surface area contributed by atoms with Gasteiger partial charge in [0.25, 0.3) is 0 Å². The predicted molar refractivity (Wildman–Crippen MR) is 81.1 cm³/mol. The molecule has 17 heavy (non-hydrogen) atoms. The maximum atomic E-state index is 3.68. The Morgan fingerprint density at radius 3 is 1.94 bits per heavy atom. The fourth-order valence-corrected chi connectivity index (χ4v) is 1.96. The number of hydrogen-bond donors (Lipinski definition) is 0. The average molecular weight is 378 g/mol. The molecule has 0 amide bonds. The molecule has 0 aliphatic carbocycles. The van der Waals surface area contributed by atoms with Gasteiger partial charge >= 0.3 is 0 Å². The summed E-state index contributed by atoms with van der Waals surface area (Å²) in [6, 6.07) is 18.3. The van der Waals surface area contributed by atoms with Crippen LogP contribution in [0.15, 0.2) is 73.3 Å². The van der Waals surface area contributed by atoms with Gasteiger partial charge in [0.05, 0.1) is 0 Å². The van der Waals surface area contributed by atoms with Crippen LogP contribution in [-0.4, -0.2) is 4.43 Å². The Bertz CT molecular complexity index is 379. The quantitative estimate of drug-likeness (QED) is 0.236. The first-order valence-corrected chi connectivity index (χ1v) is 6.67. The molecule has 2 rings (SSSR count). The van der Waals surface area contributed by atoms with Crippen LogP contribution >= 0.6 is 22.6 Å². The molecule has 0 aliphatic rings. The standard InChI is InChI=1S/C10H10I.C5H5.Fe/c1-2-5-10(8-11)9-6-3-4-7-9;1-2-4-5-3-1;/h2-7H,1,8H2;1-5H;/q-1;-5;. The minimum atomic E-state index is 0. The number of hydrogen-bond acceptors (Lipinski definition) is 0. The molecule has 0 saturated heterocycles. The molecule has 0 saturated carbocycles. The predicted octanol–water partition coefficient (Wildman–Crippen LogP) is 4.81.